The molecule has 84 valence electrons. The molecule has 0 aromatic heterocycles. The number of carbonyl (C=O) groups is 1. The topological polar surface area (TPSA) is 38.7 Å². The largest absolute Gasteiger partial charge is 0.464 e. The highest BCUT2D eigenvalue weighted by Gasteiger charge is 2.25. The van der Waals surface area contributed by atoms with Crippen LogP contribution in [0.3, 0.4) is 0 Å². The number of carbonyl (C=O) groups excluding carboxylic acids is 1. The predicted octanol–water partition coefficient (Wildman–Crippen LogP) is 2.20. The van der Waals surface area contributed by atoms with Gasteiger partial charge in [-0.15, -0.1) is 0 Å². The molecule has 0 spiro atoms. The zero-order valence-corrected chi connectivity index (χ0v) is 9.35. The van der Waals surface area contributed by atoms with Crippen molar-refractivity contribution in [2.75, 3.05) is 6.61 Å². The number of benzene rings is 1. The predicted molar refractivity (Wildman–Crippen MR) is 62.6 cm³/mol. The summed E-state index contributed by atoms with van der Waals surface area (Å²) in [5.41, 5.74) is 2.12. The third-order valence-electron chi connectivity index (χ3n) is 2.63. The number of esters is 1. The van der Waals surface area contributed by atoms with Gasteiger partial charge in [0.15, 0.2) is 0 Å². The highest BCUT2D eigenvalue weighted by Crippen LogP contribution is 2.19. The lowest BCUT2D eigenvalue weighted by Crippen LogP contribution is -2.18. The molecule has 1 aromatic rings. The molecule has 3 heteroatoms. The summed E-state index contributed by atoms with van der Waals surface area (Å²) in [6, 6.07) is 9.68. The number of hydrogen-bond donors (Lipinski definition) is 0. The molecule has 0 bridgehead atoms. The van der Waals surface area contributed by atoms with E-state index >= 15 is 0 Å². The Morgan fingerprint density at radius 2 is 2.19 bits per heavy atom. The molecule has 16 heavy (non-hydrogen) atoms. The van der Waals surface area contributed by atoms with Crippen molar-refractivity contribution in [1.82, 2.24) is 0 Å². The first-order valence-electron chi connectivity index (χ1n) is 5.60. The van der Waals surface area contributed by atoms with Crippen LogP contribution in [0.2, 0.25) is 0 Å². The minimum atomic E-state index is -0.296. The van der Waals surface area contributed by atoms with Crippen LogP contribution in [-0.4, -0.2) is 24.3 Å². The van der Waals surface area contributed by atoms with Crippen molar-refractivity contribution >= 4 is 11.7 Å². The van der Waals surface area contributed by atoms with Crippen LogP contribution >= 0.6 is 0 Å². The van der Waals surface area contributed by atoms with Crippen LogP contribution in [0.1, 0.15) is 25.3 Å². The molecule has 0 radical (unpaired) electrons. The Morgan fingerprint density at radius 1 is 1.44 bits per heavy atom. The van der Waals surface area contributed by atoms with Gasteiger partial charge in [-0.25, -0.2) is 4.79 Å². The lowest BCUT2D eigenvalue weighted by molar-refractivity contribution is -0.144. The van der Waals surface area contributed by atoms with Crippen molar-refractivity contribution in [3.05, 3.63) is 35.9 Å². The summed E-state index contributed by atoms with van der Waals surface area (Å²) in [5.74, 6) is -0.201. The molecule has 0 fully saturated rings. The van der Waals surface area contributed by atoms with Crippen molar-refractivity contribution in [1.29, 1.82) is 0 Å². The summed E-state index contributed by atoms with van der Waals surface area (Å²) in [7, 11) is 0. The Labute approximate surface area is 95.2 Å². The van der Waals surface area contributed by atoms with Gasteiger partial charge in [-0.05, 0) is 25.3 Å². The summed E-state index contributed by atoms with van der Waals surface area (Å²) in [6.07, 6.45) is 1.62. The Bertz CT molecular complexity index is 398. The van der Waals surface area contributed by atoms with Gasteiger partial charge >= 0.3 is 5.97 Å². The van der Waals surface area contributed by atoms with E-state index in [0.717, 1.165) is 24.1 Å². The molecule has 0 saturated carbocycles. The maximum Gasteiger partial charge on any atom is 0.330 e. The molecule has 0 amide bonds. The van der Waals surface area contributed by atoms with Gasteiger partial charge in [0.1, 0.15) is 6.04 Å². The molecule has 0 N–H and O–H groups in total. The van der Waals surface area contributed by atoms with E-state index in [-0.39, 0.29) is 12.0 Å². The van der Waals surface area contributed by atoms with Crippen molar-refractivity contribution in [2.45, 2.75) is 25.8 Å². The molecular weight excluding hydrogens is 202 g/mol. The minimum absolute atomic E-state index is 0.201. The van der Waals surface area contributed by atoms with Gasteiger partial charge in [0, 0.05) is 5.71 Å². The second-order valence-corrected chi connectivity index (χ2v) is 3.75. The first-order valence-corrected chi connectivity index (χ1v) is 5.60. The normalized spacial score (nSPS) is 19.3. The minimum Gasteiger partial charge on any atom is -0.464 e. The maximum absolute atomic E-state index is 11.5. The van der Waals surface area contributed by atoms with Crippen LogP contribution in [0.25, 0.3) is 0 Å². The van der Waals surface area contributed by atoms with E-state index in [4.69, 9.17) is 4.74 Å². The van der Waals surface area contributed by atoms with E-state index in [2.05, 4.69) is 4.99 Å². The van der Waals surface area contributed by atoms with E-state index in [9.17, 15) is 4.79 Å². The van der Waals surface area contributed by atoms with Gasteiger partial charge in [-0.2, -0.15) is 0 Å². The van der Waals surface area contributed by atoms with Gasteiger partial charge in [0.25, 0.3) is 0 Å². The standard InChI is InChI=1S/C13H15NO2/c1-2-16-13(15)12-9-8-11(14-12)10-6-4-3-5-7-10/h3-7,12H,2,8-9H2,1H3/t12-/m0/s1. The fourth-order valence-electron chi connectivity index (χ4n) is 1.85. The SMILES string of the molecule is CCOC(=O)[C@@H]1CCC(c2ccccc2)=N1. The Hall–Kier alpha value is -1.64. The monoisotopic (exact) mass is 217 g/mol. The Kier molecular flexibility index (Phi) is 3.34. The summed E-state index contributed by atoms with van der Waals surface area (Å²) in [6.45, 7) is 2.24. The highest BCUT2D eigenvalue weighted by atomic mass is 16.5. The lowest BCUT2D eigenvalue weighted by atomic mass is 10.1. The molecule has 1 atom stereocenters. The van der Waals surface area contributed by atoms with E-state index < -0.39 is 0 Å². The first-order chi connectivity index (χ1) is 7.81. The fraction of sp³-hybridized carbons (Fsp3) is 0.385. The molecule has 0 unspecified atom stereocenters. The fourth-order valence-corrected chi connectivity index (χ4v) is 1.85. The number of rotatable bonds is 3. The van der Waals surface area contributed by atoms with Crippen molar-refractivity contribution in [3.63, 3.8) is 0 Å². The number of aliphatic imine (C=N–C) groups is 1. The molecule has 1 aliphatic heterocycles. The van der Waals surface area contributed by atoms with E-state index in [0.29, 0.717) is 6.61 Å². The maximum atomic E-state index is 11.5. The molecule has 1 aromatic carbocycles. The van der Waals surface area contributed by atoms with Gasteiger partial charge in [-0.1, -0.05) is 30.3 Å². The van der Waals surface area contributed by atoms with Crippen molar-refractivity contribution in [2.24, 2.45) is 4.99 Å². The number of nitrogens with zero attached hydrogens (tertiary/aromatic N) is 1. The first kappa shape index (κ1) is 10.9. The molecule has 2 rings (SSSR count). The average molecular weight is 217 g/mol. The van der Waals surface area contributed by atoms with Crippen LogP contribution in [-0.2, 0) is 9.53 Å². The molecule has 1 heterocycles. The van der Waals surface area contributed by atoms with E-state index in [1.165, 1.54) is 0 Å². The zero-order valence-electron chi connectivity index (χ0n) is 9.35. The average Bonchev–Trinajstić information content (AvgIpc) is 2.80. The Balaban J connectivity index is 2.09. The number of hydrogen-bond acceptors (Lipinski definition) is 3. The highest BCUT2D eigenvalue weighted by molar-refractivity contribution is 6.03. The number of ether oxygens (including phenoxy) is 1. The van der Waals surface area contributed by atoms with Crippen molar-refractivity contribution in [3.8, 4) is 0 Å². The second-order valence-electron chi connectivity index (χ2n) is 3.75. The van der Waals surface area contributed by atoms with Crippen LogP contribution in [0.5, 0.6) is 0 Å². The van der Waals surface area contributed by atoms with Crippen LogP contribution in [0.4, 0.5) is 0 Å². The van der Waals surface area contributed by atoms with Gasteiger partial charge in [-0.3, -0.25) is 4.99 Å². The van der Waals surface area contributed by atoms with E-state index in [1.807, 2.05) is 37.3 Å². The smallest absolute Gasteiger partial charge is 0.330 e. The van der Waals surface area contributed by atoms with Crippen LogP contribution < -0.4 is 0 Å². The third kappa shape index (κ3) is 2.30. The van der Waals surface area contributed by atoms with Gasteiger partial charge < -0.3 is 4.74 Å². The quantitative estimate of drug-likeness (QED) is 0.728. The summed E-state index contributed by atoms with van der Waals surface area (Å²) in [5, 5.41) is 0. The van der Waals surface area contributed by atoms with Gasteiger partial charge in [0.2, 0.25) is 0 Å². The van der Waals surface area contributed by atoms with Crippen LogP contribution in [0.15, 0.2) is 35.3 Å². The van der Waals surface area contributed by atoms with E-state index in [1.54, 1.807) is 0 Å². The van der Waals surface area contributed by atoms with Crippen molar-refractivity contribution < 1.29 is 9.53 Å². The second kappa shape index (κ2) is 4.92. The summed E-state index contributed by atoms with van der Waals surface area (Å²) in [4.78, 5) is 15.9. The molecular formula is C13H15NO2. The molecule has 3 nitrogen and oxygen atoms in total. The molecule has 0 saturated heterocycles. The molecule has 1 aliphatic rings. The van der Waals surface area contributed by atoms with Crippen LogP contribution in [0, 0.1) is 0 Å². The lowest BCUT2D eigenvalue weighted by Gasteiger charge is -2.04. The third-order valence-corrected chi connectivity index (χ3v) is 2.63. The summed E-state index contributed by atoms with van der Waals surface area (Å²) >= 11 is 0. The molecule has 0 aliphatic carbocycles. The van der Waals surface area contributed by atoms with Gasteiger partial charge in [0.05, 0.1) is 6.61 Å². The Morgan fingerprint density at radius 3 is 2.88 bits per heavy atom. The summed E-state index contributed by atoms with van der Waals surface area (Å²) < 4.78 is 4.96. The zero-order chi connectivity index (χ0) is 11.4.